The minimum absolute atomic E-state index is 0.00270. The number of carbonyl (C=O) groups is 3. The average molecular weight is 424 g/mol. The molecule has 4 rings (SSSR count). The van der Waals surface area contributed by atoms with Gasteiger partial charge in [-0.3, -0.25) is 19.5 Å². The number of amides is 3. The summed E-state index contributed by atoms with van der Waals surface area (Å²) in [7, 11) is 0. The quantitative estimate of drug-likeness (QED) is 0.773. The normalized spacial score (nSPS) is 19.0. The number of H-pyrrole nitrogens is 1. The molecule has 0 spiro atoms. The second-order valence-electron chi connectivity index (χ2n) is 8.17. The van der Waals surface area contributed by atoms with Gasteiger partial charge in [0, 0.05) is 44.2 Å². The van der Waals surface area contributed by atoms with Gasteiger partial charge in [-0.15, -0.1) is 0 Å². The minimum atomic E-state index is -0.437. The fraction of sp³-hybridized carbons (Fsp3) is 0.478. The molecule has 1 saturated heterocycles. The summed E-state index contributed by atoms with van der Waals surface area (Å²) in [5.74, 6) is -0.401. The number of fused-ring (bicyclic) bond motifs is 1. The molecule has 1 aromatic carbocycles. The summed E-state index contributed by atoms with van der Waals surface area (Å²) >= 11 is 0. The van der Waals surface area contributed by atoms with Gasteiger partial charge in [0.05, 0.1) is 23.4 Å². The van der Waals surface area contributed by atoms with Crippen LogP contribution in [0.2, 0.25) is 0 Å². The Labute approximate surface area is 182 Å². The largest absolute Gasteiger partial charge is 0.342 e. The second kappa shape index (κ2) is 8.91. The monoisotopic (exact) mass is 423 g/mol. The standard InChI is InChI=1S/C23H29N5O3/c1-3-27(4-2)23(31)18-14-24-26-21(18)15-9-11-28(12-10-15)22(30)17-13-20(29)25-19-8-6-5-7-16(17)19/h5-8,14-15,17H,3-4,9-13H2,1-2H3,(H,24,26)(H,25,29)/t17-/m0/s1. The number of aromatic amines is 1. The van der Waals surface area contributed by atoms with Crippen LogP contribution in [0.1, 0.15) is 66.6 Å². The number of nitrogens with one attached hydrogen (secondary N) is 2. The van der Waals surface area contributed by atoms with Gasteiger partial charge in [-0.25, -0.2) is 0 Å². The Balaban J connectivity index is 1.45. The van der Waals surface area contributed by atoms with Crippen molar-refractivity contribution < 1.29 is 14.4 Å². The lowest BCUT2D eigenvalue weighted by Gasteiger charge is -2.35. The number of carbonyl (C=O) groups excluding carboxylic acids is 3. The fourth-order valence-electron chi connectivity index (χ4n) is 4.70. The number of anilines is 1. The van der Waals surface area contributed by atoms with Crippen LogP contribution in [0.4, 0.5) is 5.69 Å². The van der Waals surface area contributed by atoms with Crippen LogP contribution in [0, 0.1) is 0 Å². The van der Waals surface area contributed by atoms with E-state index in [1.54, 1.807) is 11.1 Å². The predicted octanol–water partition coefficient (Wildman–Crippen LogP) is 2.72. The summed E-state index contributed by atoms with van der Waals surface area (Å²) in [6, 6.07) is 7.51. The first-order valence-electron chi connectivity index (χ1n) is 11.0. The molecule has 8 heteroatoms. The van der Waals surface area contributed by atoms with E-state index >= 15 is 0 Å². The van der Waals surface area contributed by atoms with E-state index in [4.69, 9.17) is 0 Å². The number of rotatable bonds is 5. The number of benzene rings is 1. The molecular weight excluding hydrogens is 394 g/mol. The first-order valence-corrected chi connectivity index (χ1v) is 11.0. The van der Waals surface area contributed by atoms with Crippen molar-refractivity contribution in [3.05, 3.63) is 47.3 Å². The van der Waals surface area contributed by atoms with Crippen LogP contribution in [-0.4, -0.2) is 63.9 Å². The van der Waals surface area contributed by atoms with Gasteiger partial charge in [0.2, 0.25) is 11.8 Å². The summed E-state index contributed by atoms with van der Waals surface area (Å²) in [5, 5.41) is 10.0. The van der Waals surface area contributed by atoms with Crippen LogP contribution in [-0.2, 0) is 9.59 Å². The molecule has 2 aliphatic rings. The van der Waals surface area contributed by atoms with E-state index in [9.17, 15) is 14.4 Å². The lowest BCUT2D eigenvalue weighted by atomic mass is 9.87. The maximum absolute atomic E-state index is 13.3. The molecule has 2 aromatic rings. The number of likely N-dealkylation sites (tertiary alicyclic amines) is 1. The summed E-state index contributed by atoms with van der Waals surface area (Å²) in [6.45, 7) is 6.44. The van der Waals surface area contributed by atoms with Crippen LogP contribution in [0.25, 0.3) is 0 Å². The van der Waals surface area contributed by atoms with E-state index < -0.39 is 5.92 Å². The first kappa shape index (κ1) is 21.1. The number of piperidine rings is 1. The molecule has 0 saturated carbocycles. The average Bonchev–Trinajstić information content (AvgIpc) is 3.29. The van der Waals surface area contributed by atoms with Crippen LogP contribution >= 0.6 is 0 Å². The SMILES string of the molecule is CCN(CC)C(=O)c1cn[nH]c1C1CCN(C(=O)[C@H]2CC(=O)Nc3ccccc32)CC1. The third-order valence-electron chi connectivity index (χ3n) is 6.46. The van der Waals surface area contributed by atoms with E-state index in [0.717, 1.165) is 29.8 Å². The number of hydrogen-bond acceptors (Lipinski definition) is 4. The molecule has 3 heterocycles. The van der Waals surface area contributed by atoms with Crippen molar-refractivity contribution in [2.75, 3.05) is 31.5 Å². The van der Waals surface area contributed by atoms with Gasteiger partial charge < -0.3 is 15.1 Å². The van der Waals surface area contributed by atoms with Crippen LogP contribution < -0.4 is 5.32 Å². The Kier molecular flexibility index (Phi) is 6.06. The zero-order valence-corrected chi connectivity index (χ0v) is 18.1. The molecule has 2 N–H and O–H groups in total. The highest BCUT2D eigenvalue weighted by Crippen LogP contribution is 2.35. The molecule has 0 bridgehead atoms. The highest BCUT2D eigenvalue weighted by atomic mass is 16.2. The molecular formula is C23H29N5O3. The summed E-state index contributed by atoms with van der Waals surface area (Å²) < 4.78 is 0. The number of hydrogen-bond donors (Lipinski definition) is 2. The zero-order chi connectivity index (χ0) is 22.0. The maximum Gasteiger partial charge on any atom is 0.257 e. The van der Waals surface area contributed by atoms with Crippen LogP contribution in [0.15, 0.2) is 30.5 Å². The van der Waals surface area contributed by atoms with Crippen molar-refractivity contribution in [1.82, 2.24) is 20.0 Å². The third kappa shape index (κ3) is 4.06. The minimum Gasteiger partial charge on any atom is -0.342 e. The molecule has 0 aliphatic carbocycles. The lowest BCUT2D eigenvalue weighted by Crippen LogP contribution is -2.43. The van der Waals surface area contributed by atoms with E-state index in [0.29, 0.717) is 31.7 Å². The van der Waals surface area contributed by atoms with E-state index in [2.05, 4.69) is 15.5 Å². The van der Waals surface area contributed by atoms with Gasteiger partial charge in [0.25, 0.3) is 5.91 Å². The second-order valence-corrected chi connectivity index (χ2v) is 8.17. The fourth-order valence-corrected chi connectivity index (χ4v) is 4.70. The van der Waals surface area contributed by atoms with Crippen molar-refractivity contribution in [3.8, 4) is 0 Å². The molecule has 2 aliphatic heterocycles. The van der Waals surface area contributed by atoms with E-state index in [1.165, 1.54) is 0 Å². The number of nitrogens with zero attached hydrogens (tertiary/aromatic N) is 3. The van der Waals surface area contributed by atoms with Crippen LogP contribution in [0.3, 0.4) is 0 Å². The Morgan fingerprint density at radius 3 is 2.58 bits per heavy atom. The van der Waals surface area contributed by atoms with E-state index in [-0.39, 0.29) is 30.1 Å². The van der Waals surface area contributed by atoms with Gasteiger partial charge in [-0.05, 0) is 38.3 Å². The van der Waals surface area contributed by atoms with Crippen LogP contribution in [0.5, 0.6) is 0 Å². The molecule has 0 radical (unpaired) electrons. The van der Waals surface area contributed by atoms with Crippen molar-refractivity contribution >= 4 is 23.4 Å². The number of aromatic nitrogens is 2. The predicted molar refractivity (Wildman–Crippen MR) is 117 cm³/mol. The summed E-state index contributed by atoms with van der Waals surface area (Å²) in [4.78, 5) is 41.8. The van der Waals surface area contributed by atoms with Gasteiger partial charge in [-0.1, -0.05) is 18.2 Å². The molecule has 0 unspecified atom stereocenters. The highest BCUT2D eigenvalue weighted by molar-refractivity contribution is 6.01. The Hall–Kier alpha value is -3.16. The van der Waals surface area contributed by atoms with Crippen molar-refractivity contribution in [1.29, 1.82) is 0 Å². The molecule has 1 fully saturated rings. The molecule has 1 aromatic heterocycles. The van der Waals surface area contributed by atoms with Crippen molar-refractivity contribution in [2.24, 2.45) is 0 Å². The summed E-state index contributed by atoms with van der Waals surface area (Å²) in [6.07, 6.45) is 3.31. The third-order valence-corrected chi connectivity index (χ3v) is 6.46. The molecule has 1 atom stereocenters. The van der Waals surface area contributed by atoms with Gasteiger partial charge in [0.15, 0.2) is 0 Å². The smallest absolute Gasteiger partial charge is 0.257 e. The molecule has 3 amide bonds. The first-order chi connectivity index (χ1) is 15.0. The Morgan fingerprint density at radius 2 is 1.87 bits per heavy atom. The topological polar surface area (TPSA) is 98.4 Å². The molecule has 31 heavy (non-hydrogen) atoms. The molecule has 164 valence electrons. The van der Waals surface area contributed by atoms with Gasteiger partial charge in [-0.2, -0.15) is 5.10 Å². The maximum atomic E-state index is 13.3. The lowest BCUT2D eigenvalue weighted by molar-refractivity contribution is -0.135. The Bertz CT molecular complexity index is 973. The highest BCUT2D eigenvalue weighted by Gasteiger charge is 2.36. The molecule has 8 nitrogen and oxygen atoms in total. The summed E-state index contributed by atoms with van der Waals surface area (Å²) in [5.41, 5.74) is 3.11. The van der Waals surface area contributed by atoms with Crippen molar-refractivity contribution in [2.45, 2.75) is 44.9 Å². The van der Waals surface area contributed by atoms with E-state index in [1.807, 2.05) is 43.0 Å². The zero-order valence-electron chi connectivity index (χ0n) is 18.1. The Morgan fingerprint density at radius 1 is 1.16 bits per heavy atom. The van der Waals surface area contributed by atoms with Gasteiger partial charge >= 0.3 is 0 Å². The number of para-hydroxylation sites is 1. The van der Waals surface area contributed by atoms with Gasteiger partial charge in [0.1, 0.15) is 0 Å². The van der Waals surface area contributed by atoms with Crippen molar-refractivity contribution in [3.63, 3.8) is 0 Å².